The number of hydrogen-bond acceptors (Lipinski definition) is 7. The molecule has 0 atom stereocenters. The van der Waals surface area contributed by atoms with Gasteiger partial charge in [0.2, 0.25) is 5.95 Å². The van der Waals surface area contributed by atoms with Gasteiger partial charge in [-0.3, -0.25) is 0 Å². The van der Waals surface area contributed by atoms with Crippen molar-refractivity contribution in [3.63, 3.8) is 0 Å². The van der Waals surface area contributed by atoms with Crippen LogP contribution < -0.4 is 15.0 Å². The van der Waals surface area contributed by atoms with Crippen LogP contribution >= 0.6 is 0 Å². The molecule has 0 spiro atoms. The lowest BCUT2D eigenvalue weighted by Crippen LogP contribution is -2.45. The Morgan fingerprint density at radius 1 is 0.946 bits per heavy atom. The summed E-state index contributed by atoms with van der Waals surface area (Å²) in [6, 6.07) is 17.2. The van der Waals surface area contributed by atoms with Gasteiger partial charge in [-0.1, -0.05) is 55.3 Å². The van der Waals surface area contributed by atoms with Crippen LogP contribution in [-0.4, -0.2) is 64.8 Å². The third-order valence-electron chi connectivity index (χ3n) is 7.75. The van der Waals surface area contributed by atoms with Crippen molar-refractivity contribution >= 4 is 22.9 Å². The van der Waals surface area contributed by atoms with E-state index in [2.05, 4.69) is 57.1 Å². The lowest BCUT2D eigenvalue weighted by Gasteiger charge is -2.32. The number of ether oxygens (including phenoxy) is 1. The number of nitrogens with one attached hydrogen (secondary N) is 1. The number of hydrogen-bond donors (Lipinski definition) is 1. The van der Waals surface area contributed by atoms with Crippen LogP contribution in [0.4, 0.5) is 11.8 Å². The highest BCUT2D eigenvalue weighted by atomic mass is 16.5. The highest BCUT2D eigenvalue weighted by Crippen LogP contribution is 2.34. The molecule has 6 rings (SSSR count). The van der Waals surface area contributed by atoms with Crippen molar-refractivity contribution in [2.75, 3.05) is 50.6 Å². The Kier molecular flexibility index (Phi) is 6.66. The smallest absolute Gasteiger partial charge is 0.229 e. The number of fused-ring (bicyclic) bond motifs is 1. The first-order chi connectivity index (χ1) is 18.2. The van der Waals surface area contributed by atoms with Gasteiger partial charge in [-0.2, -0.15) is 9.97 Å². The van der Waals surface area contributed by atoms with Crippen LogP contribution in [0.5, 0.6) is 5.75 Å². The van der Waals surface area contributed by atoms with Gasteiger partial charge in [0.05, 0.1) is 13.4 Å². The third kappa shape index (κ3) is 4.85. The van der Waals surface area contributed by atoms with Crippen LogP contribution in [0.15, 0.2) is 54.9 Å². The van der Waals surface area contributed by atoms with Gasteiger partial charge in [0.1, 0.15) is 5.75 Å². The number of para-hydroxylation sites is 1. The molecule has 2 fully saturated rings. The standard InChI is InChI=1S/C29H35N7O/c1-34-15-17-35(18-16-34)29-32-27(26-28(33-29)36(20-31-26)23-7-3-4-8-23)30-19-21-11-13-22(14-12-21)24-9-5-6-10-25(24)37-2/h5-6,9-14,20,23H,3-4,7-8,15-19H2,1-2H3,(H,30,32,33). The molecule has 4 aromatic rings. The fraction of sp³-hybridized carbons (Fsp3) is 0.414. The lowest BCUT2D eigenvalue weighted by atomic mass is 10.0. The monoisotopic (exact) mass is 497 g/mol. The minimum absolute atomic E-state index is 0.482. The summed E-state index contributed by atoms with van der Waals surface area (Å²) in [6.07, 6.45) is 6.91. The third-order valence-corrected chi connectivity index (χ3v) is 7.75. The Hall–Kier alpha value is -3.65. The largest absolute Gasteiger partial charge is 0.496 e. The highest BCUT2D eigenvalue weighted by Gasteiger charge is 2.24. The van der Waals surface area contributed by atoms with Crippen molar-refractivity contribution in [3.8, 4) is 16.9 Å². The highest BCUT2D eigenvalue weighted by molar-refractivity contribution is 5.84. The fourth-order valence-electron chi connectivity index (χ4n) is 5.50. The molecule has 1 saturated heterocycles. The quantitative estimate of drug-likeness (QED) is 0.386. The number of imidazole rings is 1. The Labute approximate surface area is 218 Å². The van der Waals surface area contributed by atoms with E-state index in [0.29, 0.717) is 12.6 Å². The first-order valence-corrected chi connectivity index (χ1v) is 13.3. The molecule has 2 aliphatic rings. The van der Waals surface area contributed by atoms with Crippen molar-refractivity contribution in [2.24, 2.45) is 0 Å². The maximum Gasteiger partial charge on any atom is 0.229 e. The minimum atomic E-state index is 0.482. The van der Waals surface area contributed by atoms with Crippen LogP contribution in [0.25, 0.3) is 22.3 Å². The first-order valence-electron chi connectivity index (χ1n) is 13.3. The lowest BCUT2D eigenvalue weighted by molar-refractivity contribution is 0.311. The molecule has 2 aromatic heterocycles. The number of aromatic nitrogens is 4. The van der Waals surface area contributed by atoms with E-state index in [4.69, 9.17) is 19.7 Å². The number of likely N-dealkylation sites (N-methyl/N-ethyl adjacent to an activating group) is 1. The SMILES string of the molecule is COc1ccccc1-c1ccc(CNc2nc(N3CCN(C)CC3)nc3c2ncn3C2CCCC2)cc1. The Bertz CT molecular complexity index is 1350. The molecule has 1 saturated carbocycles. The van der Waals surface area contributed by atoms with E-state index in [1.54, 1.807) is 7.11 Å². The molecule has 37 heavy (non-hydrogen) atoms. The molecule has 192 valence electrons. The Balaban J connectivity index is 1.27. The minimum Gasteiger partial charge on any atom is -0.496 e. The summed E-state index contributed by atoms with van der Waals surface area (Å²) in [5, 5.41) is 3.59. The second kappa shape index (κ2) is 10.4. The van der Waals surface area contributed by atoms with E-state index in [0.717, 1.165) is 66.0 Å². The van der Waals surface area contributed by atoms with Crippen molar-refractivity contribution in [1.29, 1.82) is 0 Å². The fourth-order valence-corrected chi connectivity index (χ4v) is 5.50. The van der Waals surface area contributed by atoms with Gasteiger partial charge in [-0.05, 0) is 37.1 Å². The van der Waals surface area contributed by atoms with Crippen LogP contribution in [0.1, 0.15) is 37.3 Å². The van der Waals surface area contributed by atoms with Crippen LogP contribution in [-0.2, 0) is 6.54 Å². The predicted molar refractivity (Wildman–Crippen MR) is 148 cm³/mol. The molecule has 0 amide bonds. The van der Waals surface area contributed by atoms with E-state index >= 15 is 0 Å². The number of anilines is 2. The molecule has 3 heterocycles. The molecule has 8 nitrogen and oxygen atoms in total. The van der Waals surface area contributed by atoms with Crippen LogP contribution in [0.2, 0.25) is 0 Å². The molecular formula is C29H35N7O. The predicted octanol–water partition coefficient (Wildman–Crippen LogP) is 4.98. The van der Waals surface area contributed by atoms with Crippen LogP contribution in [0, 0.1) is 0 Å². The summed E-state index contributed by atoms with van der Waals surface area (Å²) < 4.78 is 7.83. The molecule has 2 aromatic carbocycles. The van der Waals surface area contributed by atoms with Gasteiger partial charge in [0.15, 0.2) is 17.0 Å². The van der Waals surface area contributed by atoms with Crippen molar-refractivity contribution < 1.29 is 4.74 Å². The number of rotatable bonds is 7. The second-order valence-electron chi connectivity index (χ2n) is 10.2. The van der Waals surface area contributed by atoms with Gasteiger partial charge < -0.3 is 24.4 Å². The molecular weight excluding hydrogens is 462 g/mol. The molecule has 0 bridgehead atoms. The van der Waals surface area contributed by atoms with E-state index in [1.807, 2.05) is 24.5 Å². The maximum absolute atomic E-state index is 5.54. The van der Waals surface area contributed by atoms with Gasteiger partial charge in [0.25, 0.3) is 0 Å². The Morgan fingerprint density at radius 2 is 1.70 bits per heavy atom. The molecule has 1 N–H and O–H groups in total. The summed E-state index contributed by atoms with van der Waals surface area (Å²) in [4.78, 5) is 19.5. The second-order valence-corrected chi connectivity index (χ2v) is 10.2. The summed E-state index contributed by atoms with van der Waals surface area (Å²) in [6.45, 7) is 4.57. The molecule has 0 radical (unpaired) electrons. The van der Waals surface area contributed by atoms with E-state index in [1.165, 1.54) is 31.2 Å². The van der Waals surface area contributed by atoms with E-state index in [-0.39, 0.29) is 0 Å². The maximum atomic E-state index is 5.54. The van der Waals surface area contributed by atoms with Gasteiger partial charge in [-0.25, -0.2) is 4.98 Å². The zero-order valence-electron chi connectivity index (χ0n) is 21.7. The van der Waals surface area contributed by atoms with E-state index < -0.39 is 0 Å². The number of benzene rings is 2. The zero-order chi connectivity index (χ0) is 25.2. The average molecular weight is 498 g/mol. The van der Waals surface area contributed by atoms with E-state index in [9.17, 15) is 0 Å². The summed E-state index contributed by atoms with van der Waals surface area (Å²) in [5.41, 5.74) is 5.22. The summed E-state index contributed by atoms with van der Waals surface area (Å²) >= 11 is 0. The van der Waals surface area contributed by atoms with Crippen molar-refractivity contribution in [2.45, 2.75) is 38.3 Å². The van der Waals surface area contributed by atoms with Crippen LogP contribution in [0.3, 0.4) is 0 Å². The normalized spacial score (nSPS) is 17.0. The number of piperazine rings is 1. The molecule has 1 aliphatic heterocycles. The molecule has 8 heteroatoms. The molecule has 1 aliphatic carbocycles. The summed E-state index contributed by atoms with van der Waals surface area (Å²) in [7, 11) is 3.88. The zero-order valence-corrected chi connectivity index (χ0v) is 21.7. The van der Waals surface area contributed by atoms with Gasteiger partial charge in [0, 0.05) is 44.3 Å². The average Bonchev–Trinajstić information content (AvgIpc) is 3.62. The number of nitrogens with zero attached hydrogens (tertiary/aromatic N) is 6. The first kappa shape index (κ1) is 23.7. The summed E-state index contributed by atoms with van der Waals surface area (Å²) in [5.74, 6) is 2.49. The molecule has 0 unspecified atom stereocenters. The van der Waals surface area contributed by atoms with Crippen molar-refractivity contribution in [3.05, 3.63) is 60.4 Å². The van der Waals surface area contributed by atoms with Crippen molar-refractivity contribution in [1.82, 2.24) is 24.4 Å². The Morgan fingerprint density at radius 3 is 2.46 bits per heavy atom. The van der Waals surface area contributed by atoms with Gasteiger partial charge >= 0.3 is 0 Å². The topological polar surface area (TPSA) is 71.3 Å². The van der Waals surface area contributed by atoms with Gasteiger partial charge in [-0.15, -0.1) is 0 Å². The number of methoxy groups -OCH3 is 1.